The van der Waals surface area contributed by atoms with Crippen LogP contribution in [0.4, 0.5) is 0 Å². The zero-order chi connectivity index (χ0) is 14.5. The maximum atomic E-state index is 11.5. The predicted octanol–water partition coefficient (Wildman–Crippen LogP) is 3.81. The highest BCUT2D eigenvalue weighted by molar-refractivity contribution is 5.82. The number of benzene rings is 2. The van der Waals surface area contributed by atoms with Crippen LogP contribution in [0.25, 0.3) is 11.1 Å². The molecule has 2 nitrogen and oxygen atoms in total. The minimum Gasteiger partial charge on any atom is -0.369 e. The summed E-state index contributed by atoms with van der Waals surface area (Å²) in [5, 5.41) is 0. The first-order valence-corrected chi connectivity index (χ1v) is 6.69. The Morgan fingerprint density at radius 1 is 1.20 bits per heavy atom. The fourth-order valence-electron chi connectivity index (χ4n) is 2.32. The highest BCUT2D eigenvalue weighted by Gasteiger charge is 2.15. The van der Waals surface area contributed by atoms with E-state index in [9.17, 15) is 4.79 Å². The van der Waals surface area contributed by atoms with Crippen molar-refractivity contribution in [2.45, 2.75) is 19.3 Å². The molecule has 0 fully saturated rings. The van der Waals surface area contributed by atoms with Gasteiger partial charge in [-0.1, -0.05) is 60.2 Å². The third-order valence-corrected chi connectivity index (χ3v) is 3.41. The number of amides is 1. The quantitative estimate of drug-likeness (QED) is 0.821. The van der Waals surface area contributed by atoms with E-state index in [1.54, 1.807) is 6.08 Å². The van der Waals surface area contributed by atoms with Crippen molar-refractivity contribution in [2.75, 3.05) is 0 Å². The molecule has 0 aliphatic carbocycles. The first-order chi connectivity index (χ1) is 9.61. The monoisotopic (exact) mass is 265 g/mol. The van der Waals surface area contributed by atoms with Gasteiger partial charge < -0.3 is 5.73 Å². The lowest BCUT2D eigenvalue weighted by molar-refractivity contribution is -0.119. The first-order valence-electron chi connectivity index (χ1n) is 6.69. The van der Waals surface area contributed by atoms with Gasteiger partial charge >= 0.3 is 0 Å². The molecule has 0 saturated heterocycles. The van der Waals surface area contributed by atoms with Crippen molar-refractivity contribution in [3.63, 3.8) is 0 Å². The highest BCUT2D eigenvalue weighted by atomic mass is 16.1. The molecule has 0 aliphatic rings. The third kappa shape index (κ3) is 3.15. The third-order valence-electron chi connectivity index (χ3n) is 3.41. The molecule has 1 unspecified atom stereocenters. The van der Waals surface area contributed by atoms with Gasteiger partial charge in [0.2, 0.25) is 5.91 Å². The minimum absolute atomic E-state index is 0.293. The van der Waals surface area contributed by atoms with Gasteiger partial charge in [-0.2, -0.15) is 0 Å². The number of allylic oxidation sites excluding steroid dienone is 1. The van der Waals surface area contributed by atoms with E-state index in [1.165, 1.54) is 11.1 Å². The summed E-state index contributed by atoms with van der Waals surface area (Å²) in [4.78, 5) is 11.5. The molecule has 20 heavy (non-hydrogen) atoms. The van der Waals surface area contributed by atoms with Crippen LogP contribution in [0.1, 0.15) is 23.5 Å². The molecule has 1 atom stereocenters. The Kier molecular flexibility index (Phi) is 4.36. The molecule has 2 aromatic rings. The molecule has 0 spiro atoms. The summed E-state index contributed by atoms with van der Waals surface area (Å²) in [7, 11) is 0. The minimum atomic E-state index is -0.312. The zero-order valence-corrected chi connectivity index (χ0v) is 11.7. The number of hydrogen-bond acceptors (Lipinski definition) is 1. The molecule has 0 radical (unpaired) electrons. The van der Waals surface area contributed by atoms with Crippen LogP contribution < -0.4 is 5.73 Å². The summed E-state index contributed by atoms with van der Waals surface area (Å²) < 4.78 is 0. The number of carbonyl (C=O) groups is 1. The molecule has 0 heterocycles. The number of hydrogen-bond donors (Lipinski definition) is 1. The number of nitrogens with two attached hydrogens (primary N) is 1. The molecule has 2 N–H and O–H groups in total. The Bertz CT molecular complexity index is 614. The van der Waals surface area contributed by atoms with Crippen molar-refractivity contribution in [1.29, 1.82) is 0 Å². The lowest BCUT2D eigenvalue weighted by Gasteiger charge is -2.12. The van der Waals surface area contributed by atoms with Crippen LogP contribution in [0.5, 0.6) is 0 Å². The van der Waals surface area contributed by atoms with Gasteiger partial charge in [0.05, 0.1) is 5.92 Å². The SMILES string of the molecule is C=CCC(C(N)=O)c1ccc(-c2cccc(C)c2)cc1. The van der Waals surface area contributed by atoms with E-state index in [4.69, 9.17) is 5.73 Å². The molecule has 0 aliphatic heterocycles. The van der Waals surface area contributed by atoms with Gasteiger partial charge in [0.1, 0.15) is 0 Å². The Morgan fingerprint density at radius 2 is 1.90 bits per heavy atom. The second-order valence-electron chi connectivity index (χ2n) is 4.97. The topological polar surface area (TPSA) is 43.1 Å². The molecule has 0 saturated carbocycles. The van der Waals surface area contributed by atoms with Gasteiger partial charge in [0.25, 0.3) is 0 Å². The molecule has 2 heteroatoms. The Labute approximate surface area is 119 Å². The predicted molar refractivity (Wildman–Crippen MR) is 83.4 cm³/mol. The second kappa shape index (κ2) is 6.20. The molecule has 2 rings (SSSR count). The van der Waals surface area contributed by atoms with Crippen LogP contribution in [0.15, 0.2) is 61.2 Å². The fraction of sp³-hybridized carbons (Fsp3) is 0.167. The maximum absolute atomic E-state index is 11.5. The average molecular weight is 265 g/mol. The summed E-state index contributed by atoms with van der Waals surface area (Å²) >= 11 is 0. The second-order valence-corrected chi connectivity index (χ2v) is 4.97. The van der Waals surface area contributed by atoms with E-state index in [0.717, 1.165) is 11.1 Å². The normalized spacial score (nSPS) is 11.8. The van der Waals surface area contributed by atoms with E-state index >= 15 is 0 Å². The summed E-state index contributed by atoms with van der Waals surface area (Å²) in [6.45, 7) is 5.75. The largest absolute Gasteiger partial charge is 0.369 e. The highest BCUT2D eigenvalue weighted by Crippen LogP contribution is 2.25. The lowest BCUT2D eigenvalue weighted by atomic mass is 9.93. The zero-order valence-electron chi connectivity index (χ0n) is 11.7. The van der Waals surface area contributed by atoms with Crippen LogP contribution in [0.3, 0.4) is 0 Å². The fourth-order valence-corrected chi connectivity index (χ4v) is 2.32. The number of primary amides is 1. The van der Waals surface area contributed by atoms with E-state index < -0.39 is 0 Å². The van der Waals surface area contributed by atoms with Crippen molar-refractivity contribution in [2.24, 2.45) is 5.73 Å². The van der Waals surface area contributed by atoms with Crippen LogP contribution in [-0.4, -0.2) is 5.91 Å². The van der Waals surface area contributed by atoms with Crippen LogP contribution >= 0.6 is 0 Å². The van der Waals surface area contributed by atoms with Crippen molar-refractivity contribution in [3.05, 3.63) is 72.3 Å². The van der Waals surface area contributed by atoms with Gasteiger partial charge in [-0.05, 0) is 30.0 Å². The summed E-state index contributed by atoms with van der Waals surface area (Å²) in [5.41, 5.74) is 9.92. The molecule has 102 valence electrons. The molecular formula is C18H19NO. The summed E-state index contributed by atoms with van der Waals surface area (Å²) in [6.07, 6.45) is 2.29. The van der Waals surface area contributed by atoms with Crippen molar-refractivity contribution in [3.8, 4) is 11.1 Å². The van der Waals surface area contributed by atoms with Gasteiger partial charge in [-0.25, -0.2) is 0 Å². The average Bonchev–Trinajstić information content (AvgIpc) is 2.45. The number of aryl methyl sites for hydroxylation is 1. The van der Waals surface area contributed by atoms with Crippen LogP contribution in [0, 0.1) is 6.92 Å². The Balaban J connectivity index is 2.30. The smallest absolute Gasteiger partial charge is 0.225 e. The Hall–Kier alpha value is -2.35. The lowest BCUT2D eigenvalue weighted by Crippen LogP contribution is -2.20. The van der Waals surface area contributed by atoms with E-state index in [-0.39, 0.29) is 11.8 Å². The molecular weight excluding hydrogens is 246 g/mol. The number of rotatable bonds is 5. The van der Waals surface area contributed by atoms with Crippen molar-refractivity contribution >= 4 is 5.91 Å². The molecule has 1 amide bonds. The molecule has 0 aromatic heterocycles. The van der Waals surface area contributed by atoms with E-state index in [2.05, 4.69) is 31.7 Å². The van der Waals surface area contributed by atoms with Crippen molar-refractivity contribution in [1.82, 2.24) is 0 Å². The van der Waals surface area contributed by atoms with Gasteiger partial charge in [0, 0.05) is 0 Å². The standard InChI is InChI=1S/C18H19NO/c1-3-5-17(18(19)20)15-10-8-14(9-11-15)16-7-4-6-13(2)12-16/h3-4,6-12,17H,1,5H2,2H3,(H2,19,20). The number of carbonyl (C=O) groups excluding carboxylic acids is 1. The van der Waals surface area contributed by atoms with E-state index in [1.807, 2.05) is 30.3 Å². The van der Waals surface area contributed by atoms with E-state index in [0.29, 0.717) is 6.42 Å². The first kappa shape index (κ1) is 14.1. The van der Waals surface area contributed by atoms with Crippen molar-refractivity contribution < 1.29 is 4.79 Å². The van der Waals surface area contributed by atoms with Gasteiger partial charge in [-0.3, -0.25) is 4.79 Å². The van der Waals surface area contributed by atoms with Gasteiger partial charge in [0.15, 0.2) is 0 Å². The Morgan fingerprint density at radius 3 is 2.45 bits per heavy atom. The summed E-state index contributed by atoms with van der Waals surface area (Å²) in [5.74, 6) is -0.604. The van der Waals surface area contributed by atoms with Crippen LogP contribution in [0.2, 0.25) is 0 Å². The summed E-state index contributed by atoms with van der Waals surface area (Å²) in [6, 6.07) is 16.3. The van der Waals surface area contributed by atoms with Crippen LogP contribution in [-0.2, 0) is 4.79 Å². The molecule has 0 bridgehead atoms. The molecule has 2 aromatic carbocycles. The maximum Gasteiger partial charge on any atom is 0.225 e. The van der Waals surface area contributed by atoms with Gasteiger partial charge in [-0.15, -0.1) is 6.58 Å².